The van der Waals surface area contributed by atoms with Crippen LogP contribution in [0, 0.1) is 0 Å². The minimum Gasteiger partial charge on any atom is -0.480 e. The van der Waals surface area contributed by atoms with Gasteiger partial charge in [0.1, 0.15) is 6.04 Å². The Morgan fingerprint density at radius 2 is 2.44 bits per heavy atom. The molecule has 0 amide bonds. The van der Waals surface area contributed by atoms with Crippen LogP contribution in [0.5, 0.6) is 0 Å². The molecule has 0 saturated carbocycles. The van der Waals surface area contributed by atoms with Crippen LogP contribution in [0.3, 0.4) is 0 Å². The van der Waals surface area contributed by atoms with Crippen LogP contribution in [0.2, 0.25) is 0 Å². The average molecular weight is 132 g/mol. The zero-order valence-corrected chi connectivity index (χ0v) is 4.88. The number of rotatable bonds is 1. The zero-order chi connectivity index (χ0) is 6.85. The van der Waals surface area contributed by atoms with E-state index < -0.39 is 12.0 Å². The number of carbonyl (C=O) groups is 1. The highest BCUT2D eigenvalue weighted by molar-refractivity contribution is 5.73. The Morgan fingerprint density at radius 3 is 2.67 bits per heavy atom. The van der Waals surface area contributed by atoms with Crippen molar-refractivity contribution < 1.29 is 14.4 Å². The van der Waals surface area contributed by atoms with Crippen molar-refractivity contribution in [3.05, 3.63) is 0 Å². The number of aliphatic carboxylic acids is 1. The van der Waals surface area contributed by atoms with Crippen molar-refractivity contribution in [2.75, 3.05) is 6.54 Å². The Labute approximate surface area is 52.0 Å². The molecule has 0 aromatic heterocycles. The fraction of sp³-hybridized carbons (Fsp3) is 0.800. The molecule has 0 bridgehead atoms. The van der Waals surface area contributed by atoms with Crippen LogP contribution >= 0.6 is 0 Å². The van der Waals surface area contributed by atoms with E-state index in [1.165, 1.54) is 0 Å². The molecule has 1 heterocycles. The summed E-state index contributed by atoms with van der Waals surface area (Å²) in [4.78, 5) is 10.1. The smallest absolute Gasteiger partial charge is 0.323 e. The SMILES string of the molecule is O=C(O)[C@@H]1CCCN1[18F]. The Hall–Kier alpha value is -0.640. The van der Waals surface area contributed by atoms with Gasteiger partial charge in [0.15, 0.2) is 0 Å². The van der Waals surface area contributed by atoms with Crippen LogP contribution in [-0.2, 0) is 4.79 Å². The summed E-state index contributed by atoms with van der Waals surface area (Å²) in [7, 11) is 0. The molecule has 0 aliphatic carbocycles. The molecule has 0 aromatic rings. The van der Waals surface area contributed by atoms with Gasteiger partial charge < -0.3 is 5.11 Å². The van der Waals surface area contributed by atoms with Crippen LogP contribution in [0.4, 0.5) is 4.48 Å². The van der Waals surface area contributed by atoms with Crippen molar-refractivity contribution in [1.29, 1.82) is 0 Å². The largest absolute Gasteiger partial charge is 0.480 e. The van der Waals surface area contributed by atoms with Gasteiger partial charge in [-0.05, 0) is 12.8 Å². The normalized spacial score (nSPS) is 28.8. The van der Waals surface area contributed by atoms with Gasteiger partial charge in [-0.1, -0.05) is 0 Å². The number of carboxylic acid groups (broad SMARTS) is 1. The van der Waals surface area contributed by atoms with Gasteiger partial charge in [-0.25, -0.2) is 0 Å². The van der Waals surface area contributed by atoms with E-state index in [4.69, 9.17) is 5.11 Å². The third-order valence-electron chi connectivity index (χ3n) is 1.47. The first-order valence-corrected chi connectivity index (χ1v) is 2.87. The highest BCUT2D eigenvalue weighted by atomic mass is 18.3. The number of hydrogen-bond donors (Lipinski definition) is 1. The minimum absolute atomic E-state index is 0.261. The van der Waals surface area contributed by atoms with E-state index in [0.29, 0.717) is 18.0 Å². The maximum absolute atomic E-state index is 12.3. The molecule has 52 valence electrons. The van der Waals surface area contributed by atoms with Crippen molar-refractivity contribution in [3.8, 4) is 0 Å². The molecule has 1 rings (SSSR count). The fourth-order valence-electron chi connectivity index (χ4n) is 0.975. The summed E-state index contributed by atoms with van der Waals surface area (Å²) in [6.45, 7) is 0.261. The maximum Gasteiger partial charge on any atom is 0.323 e. The summed E-state index contributed by atoms with van der Waals surface area (Å²) in [6.07, 6.45) is 1.08. The summed E-state index contributed by atoms with van der Waals surface area (Å²) in [5, 5.41) is 8.68. The van der Waals surface area contributed by atoms with E-state index in [2.05, 4.69) is 0 Å². The first-order valence-electron chi connectivity index (χ1n) is 2.87. The lowest BCUT2D eigenvalue weighted by atomic mass is 10.2. The van der Waals surface area contributed by atoms with Gasteiger partial charge in [0, 0.05) is 6.54 Å². The average Bonchev–Trinajstić information content (AvgIpc) is 2.13. The molecule has 0 aromatic carbocycles. The maximum atomic E-state index is 12.3. The second kappa shape index (κ2) is 2.31. The number of hydrogen-bond acceptors (Lipinski definition) is 2. The van der Waals surface area contributed by atoms with Crippen molar-refractivity contribution in [2.24, 2.45) is 0 Å². The van der Waals surface area contributed by atoms with Gasteiger partial charge in [-0.15, -0.1) is 9.60 Å². The molecular formula is C5H8FNO2. The first kappa shape index (κ1) is 6.48. The molecule has 1 atom stereocenters. The van der Waals surface area contributed by atoms with Gasteiger partial charge in [0.25, 0.3) is 0 Å². The van der Waals surface area contributed by atoms with Crippen molar-refractivity contribution in [1.82, 2.24) is 5.12 Å². The van der Waals surface area contributed by atoms with Crippen LogP contribution < -0.4 is 0 Å². The van der Waals surface area contributed by atoms with E-state index in [9.17, 15) is 9.28 Å². The van der Waals surface area contributed by atoms with Crippen LogP contribution in [0.1, 0.15) is 12.8 Å². The van der Waals surface area contributed by atoms with E-state index in [0.717, 1.165) is 0 Å². The zero-order valence-electron chi connectivity index (χ0n) is 4.88. The second-order valence-electron chi connectivity index (χ2n) is 2.12. The Balaban J connectivity index is 2.49. The molecule has 0 spiro atoms. The summed E-state index contributed by atoms with van der Waals surface area (Å²) >= 11 is 0. The van der Waals surface area contributed by atoms with Crippen molar-refractivity contribution in [3.63, 3.8) is 0 Å². The monoisotopic (exact) mass is 132 g/mol. The second-order valence-corrected chi connectivity index (χ2v) is 2.12. The molecule has 1 aliphatic rings. The van der Waals surface area contributed by atoms with Crippen LogP contribution in [0.25, 0.3) is 0 Å². The molecule has 1 aliphatic heterocycles. The molecule has 0 unspecified atom stereocenters. The van der Waals surface area contributed by atoms with Gasteiger partial charge in [-0.3, -0.25) is 4.79 Å². The van der Waals surface area contributed by atoms with E-state index in [1.807, 2.05) is 0 Å². The van der Waals surface area contributed by atoms with E-state index >= 15 is 0 Å². The molecule has 1 fully saturated rings. The molecule has 4 heteroatoms. The third kappa shape index (κ3) is 1.18. The summed E-state index contributed by atoms with van der Waals surface area (Å²) in [5.74, 6) is -1.06. The van der Waals surface area contributed by atoms with Gasteiger partial charge >= 0.3 is 5.97 Å². The Morgan fingerprint density at radius 1 is 1.78 bits per heavy atom. The van der Waals surface area contributed by atoms with Crippen LogP contribution in [0.15, 0.2) is 0 Å². The number of nitrogens with zero attached hydrogens (tertiary/aromatic N) is 1. The molecule has 3 nitrogen and oxygen atoms in total. The first-order chi connectivity index (χ1) is 4.22. The predicted molar refractivity (Wildman–Crippen MR) is 28.5 cm³/mol. The van der Waals surface area contributed by atoms with Crippen LogP contribution in [-0.4, -0.2) is 28.8 Å². The summed E-state index contributed by atoms with van der Waals surface area (Å²) < 4.78 is 12.3. The fourth-order valence-corrected chi connectivity index (χ4v) is 0.975. The molecular weight excluding hydrogens is 124 g/mol. The lowest BCUT2D eigenvalue weighted by Crippen LogP contribution is -2.29. The topological polar surface area (TPSA) is 40.5 Å². The lowest BCUT2D eigenvalue weighted by molar-refractivity contribution is -0.148. The highest BCUT2D eigenvalue weighted by Crippen LogP contribution is 2.16. The minimum atomic E-state index is -1.06. The molecule has 0 radical (unpaired) electrons. The standard InChI is InChI=1S/C5H8FNO2/c6-7-3-1-2-4(7)5(8)9/h4H,1-3H2,(H,8,9)/t4-/m0/s1/i6-1. The van der Waals surface area contributed by atoms with E-state index in [-0.39, 0.29) is 6.54 Å². The molecule has 1 saturated heterocycles. The van der Waals surface area contributed by atoms with Gasteiger partial charge in [0.05, 0.1) is 0 Å². The number of carboxylic acids is 1. The lowest BCUT2D eigenvalue weighted by Gasteiger charge is -2.07. The van der Waals surface area contributed by atoms with Crippen molar-refractivity contribution >= 4 is 5.97 Å². The highest BCUT2D eigenvalue weighted by Gasteiger charge is 2.30. The Kier molecular flexibility index (Phi) is 1.66. The van der Waals surface area contributed by atoms with Gasteiger partial charge in [-0.2, -0.15) is 0 Å². The predicted octanol–water partition coefficient (Wildman–Crippen LogP) is 0.420. The summed E-state index contributed by atoms with van der Waals surface area (Å²) in [5.41, 5.74) is 0. The molecule has 9 heavy (non-hydrogen) atoms. The third-order valence-corrected chi connectivity index (χ3v) is 1.47. The Bertz CT molecular complexity index is 128. The quantitative estimate of drug-likeness (QED) is 0.525. The van der Waals surface area contributed by atoms with Gasteiger partial charge in [0.2, 0.25) is 0 Å². The van der Waals surface area contributed by atoms with E-state index in [1.54, 1.807) is 0 Å². The summed E-state index contributed by atoms with van der Waals surface area (Å²) in [6, 6.07) is -0.884. The molecule has 1 N–H and O–H groups in total. The number of halogens is 1. The van der Waals surface area contributed by atoms with Crippen molar-refractivity contribution in [2.45, 2.75) is 18.9 Å².